The van der Waals surface area contributed by atoms with Crippen molar-refractivity contribution in [3.05, 3.63) is 39.3 Å². The van der Waals surface area contributed by atoms with E-state index in [4.69, 9.17) is 5.11 Å². The number of aromatic nitrogens is 1. The van der Waals surface area contributed by atoms with Crippen molar-refractivity contribution in [1.29, 1.82) is 0 Å². The van der Waals surface area contributed by atoms with Crippen LogP contribution in [0.1, 0.15) is 11.3 Å². The molecule has 0 aliphatic rings. The Morgan fingerprint density at radius 1 is 1.47 bits per heavy atom. The van der Waals surface area contributed by atoms with Gasteiger partial charge in [-0.25, -0.2) is 4.98 Å². The largest absolute Gasteiger partial charge is 0.390 e. The summed E-state index contributed by atoms with van der Waals surface area (Å²) in [5, 5.41) is 11.8. The summed E-state index contributed by atoms with van der Waals surface area (Å²) in [4.78, 5) is 4.34. The van der Waals surface area contributed by atoms with Crippen molar-refractivity contribution in [3.8, 4) is 10.6 Å². The van der Waals surface area contributed by atoms with E-state index in [1.807, 2.05) is 17.5 Å². The normalized spacial score (nSPS) is 10.6. The molecule has 78 valence electrons. The maximum atomic E-state index is 8.95. The number of thiazole rings is 1. The van der Waals surface area contributed by atoms with Crippen LogP contribution in [0.3, 0.4) is 0 Å². The highest BCUT2D eigenvalue weighted by Crippen LogP contribution is 2.28. The fourth-order valence-corrected chi connectivity index (χ4v) is 2.75. The van der Waals surface area contributed by atoms with Gasteiger partial charge in [0.15, 0.2) is 0 Å². The highest BCUT2D eigenvalue weighted by Gasteiger charge is 2.06. The zero-order valence-corrected chi connectivity index (χ0v) is 10.6. The number of nitrogens with zero attached hydrogens (tertiary/aromatic N) is 1. The van der Waals surface area contributed by atoms with Crippen LogP contribution in [-0.2, 0) is 6.61 Å². The second-order valence-corrected chi connectivity index (χ2v) is 5.04. The topological polar surface area (TPSA) is 33.1 Å². The van der Waals surface area contributed by atoms with Gasteiger partial charge < -0.3 is 5.11 Å². The molecule has 0 atom stereocenters. The van der Waals surface area contributed by atoms with Crippen LogP contribution in [0.5, 0.6) is 0 Å². The van der Waals surface area contributed by atoms with Crippen molar-refractivity contribution in [1.82, 2.24) is 4.98 Å². The molecule has 0 aliphatic heterocycles. The number of hydrogen-bond acceptors (Lipinski definition) is 3. The predicted octanol–water partition coefficient (Wildman–Crippen LogP) is 3.37. The molecule has 4 heteroatoms. The average Bonchev–Trinajstić information content (AvgIpc) is 2.66. The minimum absolute atomic E-state index is 0.00603. The summed E-state index contributed by atoms with van der Waals surface area (Å²) in [6.07, 6.45) is 0. The molecule has 0 saturated heterocycles. The lowest BCUT2D eigenvalue weighted by atomic mass is 10.1. The van der Waals surface area contributed by atoms with Crippen molar-refractivity contribution in [2.75, 3.05) is 0 Å². The third-order valence-corrected chi connectivity index (χ3v) is 3.55. The minimum atomic E-state index is 0.00603. The number of aliphatic hydroxyl groups excluding tert-OH is 1. The third-order valence-electron chi connectivity index (χ3n) is 2.13. The van der Waals surface area contributed by atoms with Crippen LogP contribution in [0, 0.1) is 6.92 Å². The van der Waals surface area contributed by atoms with E-state index in [9.17, 15) is 0 Å². The lowest BCUT2D eigenvalue weighted by Gasteiger charge is -2.02. The second-order valence-electron chi connectivity index (χ2n) is 3.26. The van der Waals surface area contributed by atoms with Crippen LogP contribution in [0.2, 0.25) is 0 Å². The zero-order valence-electron chi connectivity index (χ0n) is 8.20. The number of hydrogen-bond donors (Lipinski definition) is 1. The molecule has 0 amide bonds. The first-order chi connectivity index (χ1) is 7.20. The van der Waals surface area contributed by atoms with Crippen molar-refractivity contribution in [2.24, 2.45) is 0 Å². The minimum Gasteiger partial charge on any atom is -0.390 e. The molecule has 0 bridgehead atoms. The third kappa shape index (κ3) is 2.27. The summed E-state index contributed by atoms with van der Waals surface area (Å²) in [7, 11) is 0. The highest BCUT2D eigenvalue weighted by atomic mass is 79.9. The van der Waals surface area contributed by atoms with Gasteiger partial charge in [-0.05, 0) is 24.6 Å². The van der Waals surface area contributed by atoms with Crippen LogP contribution in [-0.4, -0.2) is 10.1 Å². The van der Waals surface area contributed by atoms with Gasteiger partial charge in [0, 0.05) is 15.4 Å². The number of halogens is 1. The van der Waals surface area contributed by atoms with E-state index >= 15 is 0 Å². The van der Waals surface area contributed by atoms with Crippen LogP contribution in [0.4, 0.5) is 0 Å². The summed E-state index contributed by atoms with van der Waals surface area (Å²) in [5.74, 6) is 0. The van der Waals surface area contributed by atoms with Gasteiger partial charge in [0.1, 0.15) is 5.01 Å². The molecular formula is C11H10BrNOS. The Kier molecular flexibility index (Phi) is 3.19. The SMILES string of the molecule is Cc1cc(Br)ccc1-c1nc(CO)cs1. The summed E-state index contributed by atoms with van der Waals surface area (Å²) < 4.78 is 1.07. The lowest BCUT2D eigenvalue weighted by Crippen LogP contribution is -1.85. The van der Waals surface area contributed by atoms with E-state index in [0.717, 1.165) is 20.7 Å². The first-order valence-electron chi connectivity index (χ1n) is 4.52. The van der Waals surface area contributed by atoms with Gasteiger partial charge in [-0.15, -0.1) is 11.3 Å². The number of aryl methyl sites for hydroxylation is 1. The highest BCUT2D eigenvalue weighted by molar-refractivity contribution is 9.10. The van der Waals surface area contributed by atoms with E-state index < -0.39 is 0 Å². The van der Waals surface area contributed by atoms with Gasteiger partial charge in [0.2, 0.25) is 0 Å². The Balaban J connectivity index is 2.44. The molecule has 1 aromatic heterocycles. The molecule has 0 unspecified atom stereocenters. The molecule has 1 aromatic carbocycles. The van der Waals surface area contributed by atoms with Gasteiger partial charge >= 0.3 is 0 Å². The summed E-state index contributed by atoms with van der Waals surface area (Å²) in [6, 6.07) is 6.11. The average molecular weight is 284 g/mol. The molecule has 2 nitrogen and oxygen atoms in total. The van der Waals surface area contributed by atoms with Gasteiger partial charge in [0.05, 0.1) is 12.3 Å². The summed E-state index contributed by atoms with van der Waals surface area (Å²) in [6.45, 7) is 2.06. The van der Waals surface area contributed by atoms with Crippen LogP contribution >= 0.6 is 27.3 Å². The Morgan fingerprint density at radius 2 is 2.27 bits per heavy atom. The molecule has 1 N–H and O–H groups in total. The van der Waals surface area contributed by atoms with E-state index in [2.05, 4.69) is 33.9 Å². The van der Waals surface area contributed by atoms with E-state index in [-0.39, 0.29) is 6.61 Å². The molecule has 1 heterocycles. The van der Waals surface area contributed by atoms with Crippen molar-refractivity contribution in [3.63, 3.8) is 0 Å². The van der Waals surface area contributed by atoms with Crippen molar-refractivity contribution in [2.45, 2.75) is 13.5 Å². The molecule has 15 heavy (non-hydrogen) atoms. The lowest BCUT2D eigenvalue weighted by molar-refractivity contribution is 0.278. The molecular weight excluding hydrogens is 274 g/mol. The predicted molar refractivity (Wildman–Crippen MR) is 65.9 cm³/mol. The Morgan fingerprint density at radius 3 is 2.87 bits per heavy atom. The Hall–Kier alpha value is -0.710. The summed E-state index contributed by atoms with van der Waals surface area (Å²) in [5.41, 5.74) is 3.04. The Labute approximate surface area is 101 Å². The maximum absolute atomic E-state index is 8.95. The molecule has 0 saturated carbocycles. The zero-order chi connectivity index (χ0) is 10.8. The smallest absolute Gasteiger partial charge is 0.123 e. The van der Waals surface area contributed by atoms with Crippen molar-refractivity contribution < 1.29 is 5.11 Å². The van der Waals surface area contributed by atoms with E-state index in [1.165, 1.54) is 5.56 Å². The van der Waals surface area contributed by atoms with Crippen molar-refractivity contribution >= 4 is 27.3 Å². The second kappa shape index (κ2) is 4.43. The number of aliphatic hydroxyl groups is 1. The fraction of sp³-hybridized carbons (Fsp3) is 0.182. The molecule has 2 aromatic rings. The van der Waals surface area contributed by atoms with Gasteiger partial charge in [-0.2, -0.15) is 0 Å². The van der Waals surface area contributed by atoms with Crippen LogP contribution < -0.4 is 0 Å². The molecule has 0 radical (unpaired) electrons. The number of rotatable bonds is 2. The molecule has 2 rings (SSSR count). The monoisotopic (exact) mass is 283 g/mol. The quantitative estimate of drug-likeness (QED) is 0.917. The number of benzene rings is 1. The molecule has 0 fully saturated rings. The van der Waals surface area contributed by atoms with E-state index in [1.54, 1.807) is 11.3 Å². The maximum Gasteiger partial charge on any atom is 0.123 e. The summed E-state index contributed by atoms with van der Waals surface area (Å²) >= 11 is 4.99. The van der Waals surface area contributed by atoms with Gasteiger partial charge in [-0.3, -0.25) is 0 Å². The van der Waals surface area contributed by atoms with E-state index in [0.29, 0.717) is 0 Å². The fourth-order valence-electron chi connectivity index (χ4n) is 1.37. The first-order valence-corrected chi connectivity index (χ1v) is 6.20. The van der Waals surface area contributed by atoms with Crippen LogP contribution in [0.25, 0.3) is 10.6 Å². The Bertz CT molecular complexity index is 481. The van der Waals surface area contributed by atoms with Crippen LogP contribution in [0.15, 0.2) is 28.1 Å². The standard InChI is InChI=1S/C11H10BrNOS/c1-7-4-8(12)2-3-10(7)11-13-9(5-14)6-15-11/h2-4,6,14H,5H2,1H3. The van der Waals surface area contributed by atoms with Gasteiger partial charge in [-0.1, -0.05) is 22.0 Å². The van der Waals surface area contributed by atoms with Gasteiger partial charge in [0.25, 0.3) is 0 Å². The molecule has 0 aliphatic carbocycles. The first kappa shape index (κ1) is 10.8. The molecule has 0 spiro atoms.